The molecule has 4 fully saturated rings. The number of para-hydroxylation sites is 1. The van der Waals surface area contributed by atoms with E-state index in [9.17, 15) is 19.8 Å². The van der Waals surface area contributed by atoms with E-state index < -0.39 is 24.2 Å². The van der Waals surface area contributed by atoms with Crippen LogP contribution >= 0.6 is 0 Å². The number of anilines is 1. The highest BCUT2D eigenvalue weighted by atomic mass is 16.7. The Hall–Kier alpha value is -4.00. The minimum Gasteiger partial charge on any atom is -0.493 e. The zero-order chi connectivity index (χ0) is 41.2. The van der Waals surface area contributed by atoms with Crippen LogP contribution in [0.5, 0.6) is 5.75 Å². The fourth-order valence-electron chi connectivity index (χ4n) is 9.83. The lowest BCUT2D eigenvalue weighted by Gasteiger charge is -2.62. The molecule has 0 unspecified atom stereocenters. The van der Waals surface area contributed by atoms with Gasteiger partial charge in [-0.1, -0.05) is 69.3 Å². The number of benzene rings is 3. The number of nitrogens with zero attached hydrogens (tertiary/aromatic N) is 3. The number of nitrogens with one attached hydrogen (secondary N) is 2. The lowest BCUT2D eigenvalue weighted by molar-refractivity contribution is -0.183. The predicted molar refractivity (Wildman–Crippen MR) is 225 cm³/mol. The molecule has 0 spiro atoms. The van der Waals surface area contributed by atoms with E-state index in [1.54, 1.807) is 12.0 Å². The number of aliphatic hydroxyl groups is 2. The van der Waals surface area contributed by atoms with Gasteiger partial charge in [-0.3, -0.25) is 14.4 Å². The largest absolute Gasteiger partial charge is 0.493 e. The van der Waals surface area contributed by atoms with Crippen molar-refractivity contribution in [3.05, 3.63) is 83.4 Å². The SMILES string of the molecule is CCOc1c(CN2O[C@@H](CO)[C@@H]([C@H](C)O)[C@H]2C(=O)N[C@H]2C[C@H]3C[C@@H]([C@@H]2C)C3(C)C)cccc1-c1cc(C(=O)N[C@@H](Cc2ccccc2)CN(C)C)cc(N(C)C)c1. The number of carbonyl (C=O) groups excluding carboxylic acids is 2. The summed E-state index contributed by atoms with van der Waals surface area (Å²) < 4.78 is 6.40. The lowest BCUT2D eigenvalue weighted by atomic mass is 9.45. The van der Waals surface area contributed by atoms with Crippen molar-refractivity contribution >= 4 is 17.5 Å². The number of amides is 2. The number of rotatable bonds is 16. The molecule has 3 aromatic rings. The third-order valence-electron chi connectivity index (χ3n) is 13.0. The first kappa shape index (κ1) is 42.6. The van der Waals surface area contributed by atoms with Crippen LogP contribution in [0.15, 0.2) is 66.7 Å². The summed E-state index contributed by atoms with van der Waals surface area (Å²) in [6.07, 6.45) is 1.17. The molecule has 7 rings (SSSR count). The van der Waals surface area contributed by atoms with Crippen molar-refractivity contribution in [3.8, 4) is 16.9 Å². The molecule has 1 saturated heterocycles. The number of hydroxylamine groups is 2. The number of likely N-dealkylation sites (N-methyl/N-ethyl adjacent to an activating group) is 1. The highest BCUT2D eigenvalue weighted by molar-refractivity contribution is 5.97. The second kappa shape index (κ2) is 17.9. The molecule has 4 aliphatic rings. The van der Waals surface area contributed by atoms with E-state index in [2.05, 4.69) is 48.4 Å². The van der Waals surface area contributed by atoms with Gasteiger partial charge in [0.2, 0.25) is 5.91 Å². The van der Waals surface area contributed by atoms with Gasteiger partial charge in [-0.2, -0.15) is 5.06 Å². The molecule has 1 aliphatic heterocycles. The standard InChI is InChI=1S/C46H65N5O6/c1-10-56-43-31(25-51-42(41(29(3)53)40(27-52)57-51)45(55)48-39-24-34-23-38(28(39)2)46(34,4)5)17-14-18-37(43)32-20-33(22-36(21-32)50(8)9)44(54)47-35(26-49(6)7)19-30-15-12-11-13-16-30/h11-18,20-22,28-29,34-35,38-42,52-53H,10,19,23-27H2,1-9H3,(H,47,54)(H,48,55)/t28-,29-,34+,35-,38-,39-,40-,41+,42-/m0/s1. The van der Waals surface area contributed by atoms with Crippen molar-refractivity contribution in [1.82, 2.24) is 20.6 Å². The van der Waals surface area contributed by atoms with Crippen LogP contribution in [0.4, 0.5) is 5.69 Å². The minimum absolute atomic E-state index is 0.0353. The zero-order valence-corrected chi connectivity index (χ0v) is 35.4. The quantitative estimate of drug-likeness (QED) is 0.152. The van der Waals surface area contributed by atoms with E-state index in [1.165, 1.54) is 6.42 Å². The average Bonchev–Trinajstić information content (AvgIpc) is 3.54. The van der Waals surface area contributed by atoms with Crippen molar-refractivity contribution in [2.24, 2.45) is 29.1 Å². The van der Waals surface area contributed by atoms with Crippen LogP contribution in [-0.2, 0) is 22.6 Å². The maximum Gasteiger partial charge on any atom is 0.251 e. The van der Waals surface area contributed by atoms with Crippen LogP contribution in [0.2, 0.25) is 0 Å². The molecule has 0 radical (unpaired) electrons. The number of carbonyl (C=O) groups is 2. The van der Waals surface area contributed by atoms with E-state index in [4.69, 9.17) is 9.57 Å². The maximum atomic E-state index is 14.4. The molecule has 2 bridgehead atoms. The van der Waals surface area contributed by atoms with Crippen molar-refractivity contribution in [2.45, 2.75) is 90.8 Å². The summed E-state index contributed by atoms with van der Waals surface area (Å²) in [6.45, 7) is 11.4. The Labute approximate surface area is 339 Å². The van der Waals surface area contributed by atoms with Crippen molar-refractivity contribution in [2.75, 3.05) is 52.8 Å². The minimum atomic E-state index is -0.903. The molecule has 0 aromatic heterocycles. The fourth-order valence-corrected chi connectivity index (χ4v) is 9.83. The molecular weight excluding hydrogens is 719 g/mol. The fraction of sp³-hybridized carbons (Fsp3) is 0.565. The van der Waals surface area contributed by atoms with Gasteiger partial charge in [0.25, 0.3) is 5.91 Å². The van der Waals surface area contributed by atoms with Gasteiger partial charge in [0.1, 0.15) is 17.9 Å². The van der Waals surface area contributed by atoms with Gasteiger partial charge < -0.3 is 35.4 Å². The maximum absolute atomic E-state index is 14.4. The summed E-state index contributed by atoms with van der Waals surface area (Å²) in [5.74, 6) is 1.06. The third-order valence-corrected chi connectivity index (χ3v) is 13.0. The molecule has 11 nitrogen and oxygen atoms in total. The monoisotopic (exact) mass is 783 g/mol. The van der Waals surface area contributed by atoms with Crippen LogP contribution in [0.1, 0.15) is 68.9 Å². The topological polar surface area (TPSA) is 127 Å². The molecule has 3 saturated carbocycles. The number of fused-ring (bicyclic) bond motifs is 2. The van der Waals surface area contributed by atoms with Gasteiger partial charge in [-0.15, -0.1) is 0 Å². The smallest absolute Gasteiger partial charge is 0.251 e. The Kier molecular flexibility index (Phi) is 13.4. The first-order valence-electron chi connectivity index (χ1n) is 20.7. The van der Waals surface area contributed by atoms with Crippen molar-refractivity contribution in [1.29, 1.82) is 0 Å². The molecule has 3 aromatic carbocycles. The van der Waals surface area contributed by atoms with Gasteiger partial charge in [0.05, 0.1) is 25.9 Å². The summed E-state index contributed by atoms with van der Waals surface area (Å²) >= 11 is 0. The van der Waals surface area contributed by atoms with Crippen LogP contribution in [0.3, 0.4) is 0 Å². The highest BCUT2D eigenvalue weighted by Crippen LogP contribution is 2.61. The van der Waals surface area contributed by atoms with E-state index in [0.29, 0.717) is 48.6 Å². The van der Waals surface area contributed by atoms with Gasteiger partial charge >= 0.3 is 0 Å². The first-order chi connectivity index (χ1) is 27.1. The highest BCUT2D eigenvalue weighted by Gasteiger charge is 2.57. The van der Waals surface area contributed by atoms with E-state index in [-0.39, 0.29) is 42.5 Å². The van der Waals surface area contributed by atoms with E-state index in [1.807, 2.05) is 94.6 Å². The summed E-state index contributed by atoms with van der Waals surface area (Å²) in [7, 11) is 7.92. The third kappa shape index (κ3) is 9.18. The molecular formula is C46H65N5O6. The van der Waals surface area contributed by atoms with E-state index >= 15 is 0 Å². The Bertz CT molecular complexity index is 1850. The van der Waals surface area contributed by atoms with Crippen LogP contribution in [0.25, 0.3) is 11.1 Å². The second-order valence-corrected chi connectivity index (χ2v) is 17.7. The van der Waals surface area contributed by atoms with Gasteiger partial charge in [-0.05, 0) is 99.7 Å². The molecule has 2 amide bonds. The predicted octanol–water partition coefficient (Wildman–Crippen LogP) is 5.38. The van der Waals surface area contributed by atoms with Gasteiger partial charge in [0, 0.05) is 61.0 Å². The van der Waals surface area contributed by atoms with Gasteiger partial charge in [-0.25, -0.2) is 0 Å². The van der Waals surface area contributed by atoms with Crippen LogP contribution in [-0.4, -0.2) is 110 Å². The molecule has 11 heteroatoms. The Morgan fingerprint density at radius 3 is 2.39 bits per heavy atom. The van der Waals surface area contributed by atoms with Crippen molar-refractivity contribution in [3.63, 3.8) is 0 Å². The van der Waals surface area contributed by atoms with Crippen LogP contribution < -0.4 is 20.3 Å². The average molecular weight is 784 g/mol. The Morgan fingerprint density at radius 2 is 1.77 bits per heavy atom. The Balaban J connectivity index is 1.30. The number of aliphatic hydroxyl groups excluding tert-OH is 2. The molecule has 1 heterocycles. The van der Waals surface area contributed by atoms with Crippen LogP contribution in [0, 0.1) is 29.1 Å². The van der Waals surface area contributed by atoms with E-state index in [0.717, 1.165) is 34.4 Å². The lowest BCUT2D eigenvalue weighted by Crippen LogP contribution is -2.62. The zero-order valence-electron chi connectivity index (χ0n) is 35.4. The van der Waals surface area contributed by atoms with Gasteiger partial charge in [0.15, 0.2) is 0 Å². The molecule has 310 valence electrons. The number of hydrogen-bond donors (Lipinski definition) is 4. The number of hydrogen-bond acceptors (Lipinski definition) is 9. The first-order valence-corrected chi connectivity index (χ1v) is 20.7. The summed E-state index contributed by atoms with van der Waals surface area (Å²) in [5.41, 5.74) is 5.21. The summed E-state index contributed by atoms with van der Waals surface area (Å²) in [4.78, 5) is 38.8. The van der Waals surface area contributed by atoms with Crippen molar-refractivity contribution < 1.29 is 29.4 Å². The normalized spacial score (nSPS) is 26.4. The molecule has 9 atom stereocenters. The summed E-state index contributed by atoms with van der Waals surface area (Å²) in [5, 5.41) is 29.7. The Morgan fingerprint density at radius 1 is 1.04 bits per heavy atom. The molecule has 3 aliphatic carbocycles. The summed E-state index contributed by atoms with van der Waals surface area (Å²) in [6, 6.07) is 21.0. The molecule has 57 heavy (non-hydrogen) atoms. The molecule has 4 N–H and O–H groups in total. The number of ether oxygens (including phenoxy) is 1. The second-order valence-electron chi connectivity index (χ2n) is 17.7.